The number of likely N-dealkylation sites (tertiary alicyclic amines) is 1. The number of ether oxygens (including phenoxy) is 3. The molecule has 0 radical (unpaired) electrons. The number of morpholine rings is 1. The lowest BCUT2D eigenvalue weighted by molar-refractivity contribution is -0.180. The molecule has 0 unspecified atom stereocenters. The molecule has 2 amide bonds. The van der Waals surface area contributed by atoms with Crippen molar-refractivity contribution in [1.29, 1.82) is 0 Å². The van der Waals surface area contributed by atoms with Crippen molar-refractivity contribution in [2.75, 3.05) is 33.4 Å². The van der Waals surface area contributed by atoms with Crippen LogP contribution in [-0.2, 0) is 35.1 Å². The van der Waals surface area contributed by atoms with Crippen molar-refractivity contribution < 1.29 is 28.6 Å². The Morgan fingerprint density at radius 3 is 2.42 bits per heavy atom. The number of benzene rings is 1. The molecule has 2 saturated heterocycles. The van der Waals surface area contributed by atoms with Gasteiger partial charge in [0.05, 0.1) is 39.1 Å². The Kier molecular flexibility index (Phi) is 7.57. The molecule has 0 N–H and O–H groups in total. The van der Waals surface area contributed by atoms with Crippen LogP contribution in [0.25, 0.3) is 0 Å². The van der Waals surface area contributed by atoms with E-state index in [-0.39, 0.29) is 36.2 Å². The topological polar surface area (TPSA) is 85.4 Å². The van der Waals surface area contributed by atoms with E-state index in [1.54, 1.807) is 9.80 Å². The van der Waals surface area contributed by atoms with E-state index in [1.165, 1.54) is 7.11 Å². The standard InChI is InChI=1S/C28H38N2O6/c1-19-28(26(33)34-5)17-21(15-24(31)29-11-13-35-14-12-29)25(32)30(18-20-9-7-6-8-10-20)22(28)16-23(36-19)27(2,3)4/h6-10,16,19,21,23H,11-15,17-18H2,1-5H3/t19-,21-,23-,28+/m0/s1. The van der Waals surface area contributed by atoms with E-state index in [0.717, 1.165) is 5.56 Å². The average molecular weight is 499 g/mol. The summed E-state index contributed by atoms with van der Waals surface area (Å²) in [5, 5.41) is 0. The van der Waals surface area contributed by atoms with E-state index >= 15 is 0 Å². The second-order valence-corrected chi connectivity index (χ2v) is 11.1. The Labute approximate surface area is 213 Å². The number of hydrogen-bond acceptors (Lipinski definition) is 6. The van der Waals surface area contributed by atoms with Crippen molar-refractivity contribution in [3.8, 4) is 0 Å². The molecule has 1 aromatic rings. The van der Waals surface area contributed by atoms with Crippen LogP contribution in [0.5, 0.6) is 0 Å². The Morgan fingerprint density at radius 1 is 1.14 bits per heavy atom. The minimum Gasteiger partial charge on any atom is -0.468 e. The quantitative estimate of drug-likeness (QED) is 0.580. The molecule has 196 valence electrons. The number of carbonyl (C=O) groups is 3. The predicted molar refractivity (Wildman–Crippen MR) is 133 cm³/mol. The third-order valence-electron chi connectivity index (χ3n) is 7.66. The Morgan fingerprint density at radius 2 is 1.81 bits per heavy atom. The maximum atomic E-state index is 14.0. The maximum Gasteiger partial charge on any atom is 0.320 e. The van der Waals surface area contributed by atoms with Crippen LogP contribution < -0.4 is 0 Å². The van der Waals surface area contributed by atoms with Crippen LogP contribution >= 0.6 is 0 Å². The van der Waals surface area contributed by atoms with Crippen molar-refractivity contribution >= 4 is 17.8 Å². The molecule has 8 heteroatoms. The molecule has 36 heavy (non-hydrogen) atoms. The third-order valence-corrected chi connectivity index (χ3v) is 7.66. The first kappa shape index (κ1) is 26.4. The van der Waals surface area contributed by atoms with E-state index < -0.39 is 23.4 Å². The molecular weight excluding hydrogens is 460 g/mol. The fourth-order valence-electron chi connectivity index (χ4n) is 5.52. The highest BCUT2D eigenvalue weighted by atomic mass is 16.5. The highest BCUT2D eigenvalue weighted by Gasteiger charge is 2.60. The van der Waals surface area contributed by atoms with Crippen LogP contribution in [0.2, 0.25) is 0 Å². The van der Waals surface area contributed by atoms with E-state index in [1.807, 2.05) is 43.3 Å². The van der Waals surface area contributed by atoms with Crippen LogP contribution in [0.3, 0.4) is 0 Å². The van der Waals surface area contributed by atoms with Crippen LogP contribution in [0, 0.1) is 16.7 Å². The van der Waals surface area contributed by atoms with Crippen LogP contribution in [-0.4, -0.2) is 73.2 Å². The van der Waals surface area contributed by atoms with Gasteiger partial charge in [0.25, 0.3) is 0 Å². The van der Waals surface area contributed by atoms with Crippen molar-refractivity contribution in [2.45, 2.75) is 59.3 Å². The van der Waals surface area contributed by atoms with Gasteiger partial charge in [-0.25, -0.2) is 0 Å². The average Bonchev–Trinajstić information content (AvgIpc) is 2.86. The van der Waals surface area contributed by atoms with E-state index in [4.69, 9.17) is 14.2 Å². The summed E-state index contributed by atoms with van der Waals surface area (Å²) in [7, 11) is 1.36. The van der Waals surface area contributed by atoms with E-state index in [2.05, 4.69) is 20.8 Å². The fraction of sp³-hybridized carbons (Fsp3) is 0.607. The van der Waals surface area contributed by atoms with Gasteiger partial charge in [-0.1, -0.05) is 51.1 Å². The molecule has 0 aromatic heterocycles. The Balaban J connectivity index is 1.77. The van der Waals surface area contributed by atoms with Gasteiger partial charge in [-0.05, 0) is 30.4 Å². The van der Waals surface area contributed by atoms with Gasteiger partial charge in [0, 0.05) is 31.1 Å². The summed E-state index contributed by atoms with van der Waals surface area (Å²) in [5.74, 6) is -1.35. The molecule has 4 rings (SSSR count). The number of piperidine rings is 1. The molecule has 3 aliphatic heterocycles. The number of fused-ring (bicyclic) bond motifs is 1. The molecule has 0 aliphatic carbocycles. The monoisotopic (exact) mass is 498 g/mol. The molecule has 1 aromatic carbocycles. The van der Waals surface area contributed by atoms with Crippen molar-refractivity contribution in [3.05, 3.63) is 47.7 Å². The van der Waals surface area contributed by atoms with Crippen molar-refractivity contribution in [1.82, 2.24) is 9.80 Å². The van der Waals surface area contributed by atoms with Gasteiger partial charge < -0.3 is 24.0 Å². The summed E-state index contributed by atoms with van der Waals surface area (Å²) in [4.78, 5) is 44.2. The molecule has 0 saturated carbocycles. The van der Waals surface area contributed by atoms with E-state index in [9.17, 15) is 14.4 Å². The summed E-state index contributed by atoms with van der Waals surface area (Å²) in [6, 6.07) is 9.70. The van der Waals surface area contributed by atoms with Crippen LogP contribution in [0.4, 0.5) is 0 Å². The van der Waals surface area contributed by atoms with Crippen LogP contribution in [0.15, 0.2) is 42.1 Å². The van der Waals surface area contributed by atoms with Gasteiger partial charge in [0.1, 0.15) is 5.41 Å². The van der Waals surface area contributed by atoms with Gasteiger partial charge in [0.15, 0.2) is 0 Å². The normalized spacial score (nSPS) is 28.9. The largest absolute Gasteiger partial charge is 0.468 e. The summed E-state index contributed by atoms with van der Waals surface area (Å²) in [6.45, 7) is 10.4. The zero-order chi connectivity index (χ0) is 26.1. The molecule has 4 atom stereocenters. The second kappa shape index (κ2) is 10.3. The highest BCUT2D eigenvalue weighted by Crippen LogP contribution is 2.52. The zero-order valence-electron chi connectivity index (χ0n) is 22.0. The number of hydrogen-bond donors (Lipinski definition) is 0. The minimum absolute atomic E-state index is 0.0333. The first-order valence-electron chi connectivity index (χ1n) is 12.7. The second-order valence-electron chi connectivity index (χ2n) is 11.1. The van der Waals surface area contributed by atoms with E-state index in [0.29, 0.717) is 38.5 Å². The lowest BCUT2D eigenvalue weighted by Gasteiger charge is -2.53. The van der Waals surface area contributed by atoms with Gasteiger partial charge in [-0.3, -0.25) is 14.4 Å². The molecule has 3 aliphatic rings. The Bertz CT molecular complexity index is 1010. The lowest BCUT2D eigenvalue weighted by Crippen LogP contribution is -2.61. The fourth-order valence-corrected chi connectivity index (χ4v) is 5.52. The smallest absolute Gasteiger partial charge is 0.320 e. The van der Waals surface area contributed by atoms with Gasteiger partial charge in [0.2, 0.25) is 11.8 Å². The maximum absolute atomic E-state index is 14.0. The zero-order valence-corrected chi connectivity index (χ0v) is 22.0. The molecule has 0 bridgehead atoms. The molecule has 2 fully saturated rings. The summed E-state index contributed by atoms with van der Waals surface area (Å²) in [5.41, 5.74) is 0.137. The summed E-state index contributed by atoms with van der Waals surface area (Å²) >= 11 is 0. The molecular formula is C28H38N2O6. The van der Waals surface area contributed by atoms with Gasteiger partial charge in [-0.15, -0.1) is 0 Å². The Hall–Kier alpha value is -2.71. The summed E-state index contributed by atoms with van der Waals surface area (Å²) in [6.07, 6.45) is 1.30. The lowest BCUT2D eigenvalue weighted by atomic mass is 9.65. The number of amides is 2. The number of esters is 1. The minimum atomic E-state index is -1.19. The first-order valence-corrected chi connectivity index (χ1v) is 12.7. The summed E-state index contributed by atoms with van der Waals surface area (Å²) < 4.78 is 17.1. The van der Waals surface area contributed by atoms with Gasteiger partial charge >= 0.3 is 5.97 Å². The van der Waals surface area contributed by atoms with Gasteiger partial charge in [-0.2, -0.15) is 0 Å². The highest BCUT2D eigenvalue weighted by molar-refractivity contribution is 5.92. The third kappa shape index (κ3) is 4.93. The number of nitrogens with zero attached hydrogens (tertiary/aromatic N) is 2. The molecule has 8 nitrogen and oxygen atoms in total. The number of carbonyl (C=O) groups excluding carboxylic acids is 3. The van der Waals surface area contributed by atoms with Crippen molar-refractivity contribution in [3.63, 3.8) is 0 Å². The first-order chi connectivity index (χ1) is 17.1. The number of methoxy groups -OCH3 is 1. The number of rotatable bonds is 5. The SMILES string of the molecule is COC(=O)[C@@]12C[C@H](CC(=O)N3CCOCC3)C(=O)N(Cc3ccccc3)C1=C[C@@H](C(C)(C)C)O[C@H]2C. The van der Waals surface area contributed by atoms with Crippen molar-refractivity contribution in [2.24, 2.45) is 16.7 Å². The van der Waals surface area contributed by atoms with Crippen LogP contribution in [0.1, 0.15) is 46.1 Å². The molecule has 3 heterocycles. The predicted octanol–water partition coefficient (Wildman–Crippen LogP) is 3.16. The molecule has 0 spiro atoms.